The summed E-state index contributed by atoms with van der Waals surface area (Å²) in [5, 5.41) is 7.69. The molecule has 0 N–H and O–H groups in total. The quantitative estimate of drug-likeness (QED) is 0.539. The van der Waals surface area contributed by atoms with Crippen molar-refractivity contribution in [2.24, 2.45) is 0 Å². The molecule has 0 atom stereocenters. The van der Waals surface area contributed by atoms with Crippen molar-refractivity contribution in [2.45, 2.75) is 18.7 Å². The summed E-state index contributed by atoms with van der Waals surface area (Å²) in [4.78, 5) is 26.4. The first-order chi connectivity index (χ1) is 14.7. The molecule has 3 aromatic heterocycles. The monoisotopic (exact) mass is 447 g/mol. The molecule has 11 nitrogen and oxygen atoms in total. The maximum absolute atomic E-state index is 13.3. The number of hydrogen-bond donors (Lipinski definition) is 0. The van der Waals surface area contributed by atoms with Crippen LogP contribution in [-0.4, -0.2) is 77.4 Å². The lowest BCUT2D eigenvalue weighted by atomic mass is 10.2. The van der Waals surface area contributed by atoms with Gasteiger partial charge in [0.2, 0.25) is 10.0 Å². The van der Waals surface area contributed by atoms with Gasteiger partial charge in [-0.05, 0) is 26.0 Å². The molecule has 12 heteroatoms. The Hall–Kier alpha value is -3.25. The second kappa shape index (κ2) is 7.78. The van der Waals surface area contributed by atoms with Gasteiger partial charge >= 0.3 is 5.97 Å². The fraction of sp³-hybridized carbons (Fsp3) is 0.368. The number of aromatic nitrogens is 3. The van der Waals surface area contributed by atoms with E-state index in [2.05, 4.69) is 10.2 Å². The average molecular weight is 447 g/mol. The molecule has 4 heterocycles. The molecule has 0 aliphatic carbocycles. The number of furan rings is 1. The zero-order valence-electron chi connectivity index (χ0n) is 17.2. The van der Waals surface area contributed by atoms with E-state index in [0.717, 1.165) is 0 Å². The first-order valence-electron chi connectivity index (χ1n) is 9.51. The number of nitrogens with zero attached hydrogens (tertiary/aromatic N) is 5. The minimum Gasteiger partial charge on any atom is -0.465 e. The average Bonchev–Trinajstić information content (AvgIpc) is 3.35. The topological polar surface area (TPSA) is 127 Å². The Morgan fingerprint density at radius 3 is 2.48 bits per heavy atom. The Bertz CT molecular complexity index is 1270. The number of pyridine rings is 1. The summed E-state index contributed by atoms with van der Waals surface area (Å²) in [5.41, 5.74) is 0.985. The smallest absolute Gasteiger partial charge is 0.342 e. The van der Waals surface area contributed by atoms with E-state index in [1.807, 2.05) is 0 Å². The van der Waals surface area contributed by atoms with Gasteiger partial charge in [0, 0.05) is 32.4 Å². The SMILES string of the molecule is COC(=O)c1c(C)oc(C)c1S(=O)(=O)N1CCN(C(=O)c2ccc3nncn3c2)CC1. The van der Waals surface area contributed by atoms with Crippen LogP contribution in [0.5, 0.6) is 0 Å². The molecule has 1 fully saturated rings. The molecule has 4 rings (SSSR count). The molecular formula is C19H21N5O6S. The lowest BCUT2D eigenvalue weighted by Crippen LogP contribution is -2.50. The number of hydrogen-bond acceptors (Lipinski definition) is 8. The highest BCUT2D eigenvalue weighted by atomic mass is 32.2. The van der Waals surface area contributed by atoms with Crippen LogP contribution in [0.25, 0.3) is 5.65 Å². The number of rotatable bonds is 4. The van der Waals surface area contributed by atoms with E-state index in [1.54, 1.807) is 27.6 Å². The van der Waals surface area contributed by atoms with Crippen LogP contribution in [0.15, 0.2) is 34.0 Å². The molecule has 0 radical (unpaired) electrons. The van der Waals surface area contributed by atoms with Crippen LogP contribution in [0.1, 0.15) is 32.2 Å². The highest BCUT2D eigenvalue weighted by molar-refractivity contribution is 7.89. The predicted octanol–water partition coefficient (Wildman–Crippen LogP) is 0.872. The van der Waals surface area contributed by atoms with Crippen molar-refractivity contribution < 1.29 is 27.2 Å². The van der Waals surface area contributed by atoms with E-state index >= 15 is 0 Å². The minimum absolute atomic E-state index is 0.0905. The molecule has 0 unspecified atom stereocenters. The molecule has 0 saturated carbocycles. The predicted molar refractivity (Wildman–Crippen MR) is 107 cm³/mol. The van der Waals surface area contributed by atoms with Gasteiger partial charge in [0.1, 0.15) is 28.3 Å². The largest absolute Gasteiger partial charge is 0.465 e. The molecular weight excluding hydrogens is 426 g/mol. The van der Waals surface area contributed by atoms with Crippen molar-refractivity contribution in [2.75, 3.05) is 33.3 Å². The Morgan fingerprint density at radius 2 is 1.81 bits per heavy atom. The van der Waals surface area contributed by atoms with E-state index in [9.17, 15) is 18.0 Å². The number of sulfonamides is 1. The molecule has 0 spiro atoms. The van der Waals surface area contributed by atoms with Gasteiger partial charge in [0.15, 0.2) is 5.65 Å². The zero-order chi connectivity index (χ0) is 22.3. The zero-order valence-corrected chi connectivity index (χ0v) is 18.0. The number of aryl methyl sites for hydroxylation is 2. The van der Waals surface area contributed by atoms with Gasteiger partial charge in [-0.15, -0.1) is 10.2 Å². The van der Waals surface area contributed by atoms with Gasteiger partial charge in [-0.3, -0.25) is 9.20 Å². The number of esters is 1. The van der Waals surface area contributed by atoms with Gasteiger partial charge in [-0.1, -0.05) is 0 Å². The van der Waals surface area contributed by atoms with Crippen molar-refractivity contribution in [1.29, 1.82) is 0 Å². The normalized spacial score (nSPS) is 15.4. The van der Waals surface area contributed by atoms with Gasteiger partial charge in [-0.2, -0.15) is 4.31 Å². The number of carbonyl (C=O) groups excluding carboxylic acids is 2. The first kappa shape index (κ1) is 21.0. The van der Waals surface area contributed by atoms with Crippen molar-refractivity contribution in [3.05, 3.63) is 47.3 Å². The number of ether oxygens (including phenoxy) is 1. The summed E-state index contributed by atoms with van der Waals surface area (Å²) in [5.74, 6) is -0.677. The first-order valence-corrected chi connectivity index (χ1v) is 10.9. The number of amides is 1. The molecule has 0 aromatic carbocycles. The third-order valence-corrected chi connectivity index (χ3v) is 7.31. The second-order valence-corrected chi connectivity index (χ2v) is 9.00. The summed E-state index contributed by atoms with van der Waals surface area (Å²) in [6.07, 6.45) is 3.14. The van der Waals surface area contributed by atoms with Crippen LogP contribution in [0, 0.1) is 13.8 Å². The molecule has 1 aliphatic rings. The molecule has 1 amide bonds. The lowest BCUT2D eigenvalue weighted by Gasteiger charge is -2.34. The van der Waals surface area contributed by atoms with Crippen LogP contribution in [-0.2, 0) is 14.8 Å². The van der Waals surface area contributed by atoms with Gasteiger partial charge in [0.05, 0.1) is 12.7 Å². The highest BCUT2D eigenvalue weighted by Crippen LogP contribution is 2.30. The molecule has 1 saturated heterocycles. The van der Waals surface area contributed by atoms with Gasteiger partial charge in [0.25, 0.3) is 5.91 Å². The van der Waals surface area contributed by atoms with E-state index < -0.39 is 16.0 Å². The number of methoxy groups -OCH3 is 1. The molecule has 1 aliphatic heterocycles. The van der Waals surface area contributed by atoms with Crippen LogP contribution in [0.2, 0.25) is 0 Å². The van der Waals surface area contributed by atoms with E-state index in [4.69, 9.17) is 9.15 Å². The molecule has 164 valence electrons. The molecule has 3 aromatic rings. The van der Waals surface area contributed by atoms with Crippen LogP contribution in [0.4, 0.5) is 0 Å². The van der Waals surface area contributed by atoms with Crippen LogP contribution in [0.3, 0.4) is 0 Å². The Labute approximate surface area is 178 Å². The Kier molecular flexibility index (Phi) is 5.27. The van der Waals surface area contributed by atoms with Gasteiger partial charge < -0.3 is 14.1 Å². The number of fused-ring (bicyclic) bond motifs is 1. The van der Waals surface area contributed by atoms with Gasteiger partial charge in [-0.25, -0.2) is 13.2 Å². The number of carbonyl (C=O) groups is 2. The Balaban J connectivity index is 1.53. The maximum Gasteiger partial charge on any atom is 0.342 e. The fourth-order valence-corrected chi connectivity index (χ4v) is 5.50. The molecule has 31 heavy (non-hydrogen) atoms. The van der Waals surface area contributed by atoms with Crippen molar-refractivity contribution in [3.63, 3.8) is 0 Å². The lowest BCUT2D eigenvalue weighted by molar-refractivity contribution is 0.0594. The van der Waals surface area contributed by atoms with Crippen molar-refractivity contribution in [1.82, 2.24) is 23.8 Å². The summed E-state index contributed by atoms with van der Waals surface area (Å²) < 4.78 is 39.6. The van der Waals surface area contributed by atoms with Crippen LogP contribution >= 0.6 is 0 Å². The van der Waals surface area contributed by atoms with Crippen molar-refractivity contribution in [3.8, 4) is 0 Å². The summed E-state index contributed by atoms with van der Waals surface area (Å²) in [6, 6.07) is 3.36. The van der Waals surface area contributed by atoms with E-state index in [-0.39, 0.29) is 54.1 Å². The standard InChI is InChI=1S/C19H21N5O6S/c1-12-16(19(26)29-3)17(13(2)30-12)31(27,28)24-8-6-22(7-9-24)18(25)14-4-5-15-21-20-11-23(15)10-14/h4-5,10-11H,6-9H2,1-3H3. The van der Waals surface area contributed by atoms with E-state index in [0.29, 0.717) is 11.2 Å². The van der Waals surface area contributed by atoms with Crippen LogP contribution < -0.4 is 0 Å². The summed E-state index contributed by atoms with van der Waals surface area (Å²) >= 11 is 0. The summed E-state index contributed by atoms with van der Waals surface area (Å²) in [6.45, 7) is 3.61. The number of piperazine rings is 1. The molecule has 0 bridgehead atoms. The maximum atomic E-state index is 13.3. The highest BCUT2D eigenvalue weighted by Gasteiger charge is 2.37. The summed E-state index contributed by atoms with van der Waals surface area (Å²) in [7, 11) is -2.83. The third-order valence-electron chi connectivity index (χ3n) is 5.26. The Morgan fingerprint density at radius 1 is 1.10 bits per heavy atom. The third kappa shape index (κ3) is 3.57. The van der Waals surface area contributed by atoms with Crippen molar-refractivity contribution >= 4 is 27.5 Å². The fourth-order valence-electron chi connectivity index (χ4n) is 3.71. The second-order valence-electron chi connectivity index (χ2n) is 7.12. The minimum atomic E-state index is -4.01. The van der Waals surface area contributed by atoms with E-state index in [1.165, 1.54) is 31.6 Å².